The first-order chi connectivity index (χ1) is 8.64. The Kier molecular flexibility index (Phi) is 3.14. The van der Waals surface area contributed by atoms with Crippen molar-refractivity contribution in [3.8, 4) is 0 Å². The van der Waals surface area contributed by atoms with Gasteiger partial charge in [0.15, 0.2) is 5.79 Å². The SMILES string of the molecule is CC1(C)O[C@H]2[C@H](NCc3ccccc3)CC[C@H]2O1. The third-order valence-electron chi connectivity index (χ3n) is 3.79. The molecule has 1 heterocycles. The number of fused-ring (bicyclic) bond motifs is 1. The Morgan fingerprint density at radius 2 is 1.94 bits per heavy atom. The van der Waals surface area contributed by atoms with Gasteiger partial charge in [-0.3, -0.25) is 0 Å². The van der Waals surface area contributed by atoms with E-state index in [1.54, 1.807) is 0 Å². The summed E-state index contributed by atoms with van der Waals surface area (Å²) >= 11 is 0. The Morgan fingerprint density at radius 1 is 1.17 bits per heavy atom. The van der Waals surface area contributed by atoms with Crippen LogP contribution < -0.4 is 5.32 Å². The highest BCUT2D eigenvalue weighted by molar-refractivity contribution is 5.14. The van der Waals surface area contributed by atoms with E-state index < -0.39 is 5.79 Å². The monoisotopic (exact) mass is 247 g/mol. The molecule has 3 atom stereocenters. The second-order valence-corrected chi connectivity index (χ2v) is 5.69. The maximum Gasteiger partial charge on any atom is 0.163 e. The van der Waals surface area contributed by atoms with Crippen LogP contribution >= 0.6 is 0 Å². The second-order valence-electron chi connectivity index (χ2n) is 5.69. The highest BCUT2D eigenvalue weighted by Gasteiger charge is 2.48. The van der Waals surface area contributed by atoms with Crippen molar-refractivity contribution in [2.24, 2.45) is 0 Å². The third kappa shape index (κ3) is 2.44. The molecule has 0 bridgehead atoms. The molecule has 0 unspecified atom stereocenters. The van der Waals surface area contributed by atoms with Gasteiger partial charge in [0.25, 0.3) is 0 Å². The molecule has 0 amide bonds. The number of benzene rings is 1. The standard InChI is InChI=1S/C15H21NO2/c1-15(2)17-13-9-8-12(14(13)18-15)16-10-11-6-4-3-5-7-11/h3-7,12-14,16H,8-10H2,1-2H3/t12-,13-,14+/m1/s1. The number of nitrogens with one attached hydrogen (secondary N) is 1. The fraction of sp³-hybridized carbons (Fsp3) is 0.600. The van der Waals surface area contributed by atoms with Crippen LogP contribution in [0.2, 0.25) is 0 Å². The molecule has 0 aromatic heterocycles. The molecule has 1 aliphatic heterocycles. The minimum Gasteiger partial charge on any atom is -0.345 e. The van der Waals surface area contributed by atoms with Gasteiger partial charge in [-0.25, -0.2) is 0 Å². The Balaban J connectivity index is 1.58. The fourth-order valence-corrected chi connectivity index (χ4v) is 3.00. The van der Waals surface area contributed by atoms with Gasteiger partial charge in [0, 0.05) is 12.6 Å². The average molecular weight is 247 g/mol. The molecule has 3 nitrogen and oxygen atoms in total. The van der Waals surface area contributed by atoms with Crippen LogP contribution in [0.1, 0.15) is 32.3 Å². The zero-order valence-corrected chi connectivity index (χ0v) is 11.1. The minimum atomic E-state index is -0.414. The summed E-state index contributed by atoms with van der Waals surface area (Å²) in [6, 6.07) is 10.9. The topological polar surface area (TPSA) is 30.5 Å². The van der Waals surface area contributed by atoms with Crippen LogP contribution in [0.3, 0.4) is 0 Å². The zero-order valence-electron chi connectivity index (χ0n) is 11.1. The van der Waals surface area contributed by atoms with Crippen molar-refractivity contribution in [2.75, 3.05) is 0 Å². The van der Waals surface area contributed by atoms with Crippen LogP contribution in [0.15, 0.2) is 30.3 Å². The van der Waals surface area contributed by atoms with E-state index in [4.69, 9.17) is 9.47 Å². The van der Waals surface area contributed by atoms with Crippen LogP contribution in [0.4, 0.5) is 0 Å². The Labute approximate surface area is 108 Å². The Bertz CT molecular complexity index is 404. The van der Waals surface area contributed by atoms with Crippen molar-refractivity contribution in [3.05, 3.63) is 35.9 Å². The largest absolute Gasteiger partial charge is 0.345 e. The molecule has 1 aliphatic carbocycles. The summed E-state index contributed by atoms with van der Waals surface area (Å²) in [6.07, 6.45) is 2.72. The molecule has 1 aromatic rings. The smallest absolute Gasteiger partial charge is 0.163 e. The first-order valence-corrected chi connectivity index (χ1v) is 6.77. The second kappa shape index (κ2) is 4.65. The van der Waals surface area contributed by atoms with Gasteiger partial charge in [0.2, 0.25) is 0 Å². The van der Waals surface area contributed by atoms with Gasteiger partial charge in [-0.15, -0.1) is 0 Å². The first-order valence-electron chi connectivity index (χ1n) is 6.77. The molecule has 0 radical (unpaired) electrons. The molecule has 1 aromatic carbocycles. The van der Waals surface area contributed by atoms with Gasteiger partial charge in [-0.1, -0.05) is 30.3 Å². The molecule has 1 saturated heterocycles. The summed E-state index contributed by atoms with van der Waals surface area (Å²) in [4.78, 5) is 0. The van der Waals surface area contributed by atoms with E-state index in [-0.39, 0.29) is 12.2 Å². The molecule has 1 saturated carbocycles. The highest BCUT2D eigenvalue weighted by atomic mass is 16.8. The van der Waals surface area contributed by atoms with Gasteiger partial charge < -0.3 is 14.8 Å². The van der Waals surface area contributed by atoms with Gasteiger partial charge in [0.05, 0.1) is 6.10 Å². The molecule has 3 heteroatoms. The average Bonchev–Trinajstić information content (AvgIpc) is 2.83. The van der Waals surface area contributed by atoms with E-state index in [0.717, 1.165) is 19.4 Å². The fourth-order valence-electron chi connectivity index (χ4n) is 3.00. The van der Waals surface area contributed by atoms with Crippen molar-refractivity contribution in [2.45, 2.75) is 57.3 Å². The molecule has 3 rings (SSSR count). The lowest BCUT2D eigenvalue weighted by Gasteiger charge is -2.22. The van der Waals surface area contributed by atoms with E-state index in [2.05, 4.69) is 29.6 Å². The van der Waals surface area contributed by atoms with Gasteiger partial charge >= 0.3 is 0 Å². The Morgan fingerprint density at radius 3 is 2.72 bits per heavy atom. The maximum atomic E-state index is 5.99. The van der Waals surface area contributed by atoms with Crippen molar-refractivity contribution < 1.29 is 9.47 Å². The number of ether oxygens (including phenoxy) is 2. The number of rotatable bonds is 3. The lowest BCUT2D eigenvalue weighted by Crippen LogP contribution is -2.39. The number of hydrogen-bond acceptors (Lipinski definition) is 3. The van der Waals surface area contributed by atoms with Crippen molar-refractivity contribution in [1.29, 1.82) is 0 Å². The minimum absolute atomic E-state index is 0.212. The van der Waals surface area contributed by atoms with Crippen LogP contribution in [0.5, 0.6) is 0 Å². The van der Waals surface area contributed by atoms with Gasteiger partial charge in [-0.05, 0) is 32.3 Å². The number of hydrogen-bond donors (Lipinski definition) is 1. The van der Waals surface area contributed by atoms with Crippen LogP contribution in [0.25, 0.3) is 0 Å². The lowest BCUT2D eigenvalue weighted by atomic mass is 10.1. The molecular weight excluding hydrogens is 226 g/mol. The molecule has 1 N–H and O–H groups in total. The molecule has 2 fully saturated rings. The summed E-state index contributed by atoms with van der Waals surface area (Å²) in [5, 5.41) is 3.60. The van der Waals surface area contributed by atoms with E-state index >= 15 is 0 Å². The van der Waals surface area contributed by atoms with E-state index in [9.17, 15) is 0 Å². The molecule has 2 aliphatic rings. The van der Waals surface area contributed by atoms with Crippen molar-refractivity contribution in [3.63, 3.8) is 0 Å². The van der Waals surface area contributed by atoms with Gasteiger partial charge in [-0.2, -0.15) is 0 Å². The predicted octanol–water partition coefficient (Wildman–Crippen LogP) is 2.46. The van der Waals surface area contributed by atoms with Crippen LogP contribution in [-0.2, 0) is 16.0 Å². The summed E-state index contributed by atoms with van der Waals surface area (Å²) in [5.41, 5.74) is 1.32. The summed E-state index contributed by atoms with van der Waals surface area (Å²) in [6.45, 7) is 4.90. The Hall–Kier alpha value is -0.900. The van der Waals surface area contributed by atoms with Crippen molar-refractivity contribution >= 4 is 0 Å². The van der Waals surface area contributed by atoms with E-state index in [0.29, 0.717) is 6.04 Å². The lowest BCUT2D eigenvalue weighted by molar-refractivity contribution is -0.153. The first kappa shape index (κ1) is 12.2. The normalized spacial score (nSPS) is 33.6. The quantitative estimate of drug-likeness (QED) is 0.890. The van der Waals surface area contributed by atoms with Crippen LogP contribution in [-0.4, -0.2) is 24.0 Å². The zero-order chi connectivity index (χ0) is 12.6. The van der Waals surface area contributed by atoms with Crippen LogP contribution in [0, 0.1) is 0 Å². The van der Waals surface area contributed by atoms with E-state index in [1.807, 2.05) is 19.9 Å². The molecule has 0 spiro atoms. The summed E-state index contributed by atoms with van der Waals surface area (Å²) in [5.74, 6) is -0.414. The van der Waals surface area contributed by atoms with Crippen molar-refractivity contribution in [1.82, 2.24) is 5.32 Å². The molecule has 98 valence electrons. The van der Waals surface area contributed by atoms with E-state index in [1.165, 1.54) is 5.56 Å². The summed E-state index contributed by atoms with van der Waals surface area (Å²) in [7, 11) is 0. The van der Waals surface area contributed by atoms with Gasteiger partial charge in [0.1, 0.15) is 6.10 Å². The maximum absolute atomic E-state index is 5.99. The molecular formula is C15H21NO2. The predicted molar refractivity (Wildman–Crippen MR) is 70.1 cm³/mol. The highest BCUT2D eigenvalue weighted by Crippen LogP contribution is 2.38. The summed E-state index contributed by atoms with van der Waals surface area (Å²) < 4.78 is 11.9. The third-order valence-corrected chi connectivity index (χ3v) is 3.79. The molecule has 18 heavy (non-hydrogen) atoms.